The minimum absolute atomic E-state index is 0.187. The molecule has 2 nitrogen and oxygen atoms in total. The fourth-order valence-electron chi connectivity index (χ4n) is 1.67. The lowest BCUT2D eigenvalue weighted by Gasteiger charge is -2.00. The molecule has 1 unspecified atom stereocenters. The Morgan fingerprint density at radius 1 is 0.950 bits per heavy atom. The minimum atomic E-state index is 0.187. The van der Waals surface area contributed by atoms with Crippen LogP contribution in [0.4, 0.5) is 0 Å². The first-order valence-electron chi connectivity index (χ1n) is 6.33. The summed E-state index contributed by atoms with van der Waals surface area (Å²) in [7, 11) is 1.19. The van der Waals surface area contributed by atoms with Gasteiger partial charge in [-0.2, -0.15) is 0 Å². The normalized spacial score (nSPS) is 11.8. The molecule has 2 aromatic carbocycles. The lowest BCUT2D eigenvalue weighted by atomic mass is 10.2. The van der Waals surface area contributed by atoms with Crippen molar-refractivity contribution in [3.05, 3.63) is 66.2 Å². The average Bonchev–Trinajstić information content (AvgIpc) is 2.51. The van der Waals surface area contributed by atoms with Crippen molar-refractivity contribution in [1.29, 1.82) is 0 Å². The van der Waals surface area contributed by atoms with E-state index >= 15 is 0 Å². The van der Waals surface area contributed by atoms with Crippen molar-refractivity contribution >= 4 is 17.0 Å². The molecule has 2 N–H and O–H groups in total. The first-order valence-corrected chi connectivity index (χ1v) is 8.14. The highest BCUT2D eigenvalue weighted by molar-refractivity contribution is 7.96. The maximum Gasteiger partial charge on any atom is 0.155 e. The van der Waals surface area contributed by atoms with E-state index in [9.17, 15) is 5.11 Å². The number of rotatable bonds is 4. The molecule has 0 spiro atoms. The maximum absolute atomic E-state index is 9.25. The molecule has 2 aromatic rings. The summed E-state index contributed by atoms with van der Waals surface area (Å²) in [5.74, 6) is 1.36. The number of phenolic OH excluding ortho intramolecular Hbond substituents is 1. The van der Waals surface area contributed by atoms with E-state index in [1.165, 1.54) is 10.5 Å². The zero-order valence-corrected chi connectivity index (χ0v) is 12.7. The number of phenols is 1. The molecular weight excluding hydrogens is 268 g/mol. The summed E-state index contributed by atoms with van der Waals surface area (Å²) in [5, 5.41) is 16.3. The van der Waals surface area contributed by atoms with Gasteiger partial charge in [0.25, 0.3) is 0 Å². The van der Waals surface area contributed by atoms with Gasteiger partial charge < -0.3 is 10.2 Å². The smallest absolute Gasteiger partial charge is 0.155 e. The Morgan fingerprint density at radius 3 is 2.15 bits per heavy atom. The van der Waals surface area contributed by atoms with Gasteiger partial charge in [0, 0.05) is 18.0 Å². The number of aliphatic hydroxyl groups excluding tert-OH is 1. The lowest BCUT2D eigenvalue weighted by Crippen LogP contribution is -2.02. The zero-order chi connectivity index (χ0) is 14.8. The van der Waals surface area contributed by atoms with Crippen molar-refractivity contribution in [2.24, 2.45) is 0 Å². The standard InChI is InChI=1S/C16H16OS.CH4O/c1-18(16-11-9-15(17)10-12-16)13-5-8-14-6-3-2-4-7-14;1-2/h2-12H,13H2,1H3;2H,1H3/p+1/b8-5+;. The highest BCUT2D eigenvalue weighted by Gasteiger charge is 2.12. The SMILES string of the molecule is CO.C[S+](C/C=C/c1ccccc1)c1ccc(O)cc1. The minimum Gasteiger partial charge on any atom is -0.508 e. The summed E-state index contributed by atoms with van der Waals surface area (Å²) in [6.07, 6.45) is 6.59. The molecule has 0 radical (unpaired) electrons. The molecule has 0 bridgehead atoms. The fraction of sp³-hybridized carbons (Fsp3) is 0.176. The van der Waals surface area contributed by atoms with Crippen LogP contribution in [-0.2, 0) is 10.9 Å². The average molecular weight is 289 g/mol. The fourth-order valence-corrected chi connectivity index (χ4v) is 2.85. The molecule has 0 saturated heterocycles. The largest absolute Gasteiger partial charge is 0.508 e. The Labute approximate surface area is 123 Å². The van der Waals surface area contributed by atoms with Crippen LogP contribution >= 0.6 is 0 Å². The maximum atomic E-state index is 9.25. The molecule has 0 aromatic heterocycles. The number of hydrogen-bond donors (Lipinski definition) is 2. The van der Waals surface area contributed by atoms with Crippen molar-refractivity contribution in [3.8, 4) is 5.75 Å². The third-order valence-electron chi connectivity index (χ3n) is 2.70. The van der Waals surface area contributed by atoms with Crippen molar-refractivity contribution in [2.75, 3.05) is 19.1 Å². The summed E-state index contributed by atoms with van der Waals surface area (Å²) in [6, 6.07) is 17.8. The molecule has 0 fully saturated rings. The van der Waals surface area contributed by atoms with E-state index in [-0.39, 0.29) is 10.9 Å². The van der Waals surface area contributed by atoms with Crippen LogP contribution in [0.15, 0.2) is 65.6 Å². The van der Waals surface area contributed by atoms with Gasteiger partial charge in [0.1, 0.15) is 17.8 Å². The van der Waals surface area contributed by atoms with Gasteiger partial charge in [0.2, 0.25) is 0 Å². The van der Waals surface area contributed by atoms with Crippen molar-refractivity contribution in [1.82, 2.24) is 0 Å². The highest BCUT2D eigenvalue weighted by atomic mass is 32.2. The van der Waals surface area contributed by atoms with Gasteiger partial charge in [-0.15, -0.1) is 0 Å². The molecule has 1 atom stereocenters. The van der Waals surface area contributed by atoms with Crippen LogP contribution in [0, 0.1) is 0 Å². The Hall–Kier alpha value is -1.71. The molecule has 0 heterocycles. The van der Waals surface area contributed by atoms with Gasteiger partial charge in [-0.3, -0.25) is 0 Å². The van der Waals surface area contributed by atoms with Crippen LogP contribution in [0.3, 0.4) is 0 Å². The van der Waals surface area contributed by atoms with Gasteiger partial charge in [-0.25, -0.2) is 0 Å². The molecule has 2 rings (SSSR count). The first kappa shape index (κ1) is 16.3. The van der Waals surface area contributed by atoms with E-state index in [4.69, 9.17) is 5.11 Å². The van der Waals surface area contributed by atoms with Crippen LogP contribution in [0.1, 0.15) is 5.56 Å². The molecule has 0 aliphatic carbocycles. The van der Waals surface area contributed by atoms with Gasteiger partial charge in [0.15, 0.2) is 4.90 Å². The summed E-state index contributed by atoms with van der Waals surface area (Å²) >= 11 is 0. The second-order valence-corrected chi connectivity index (χ2v) is 6.19. The van der Waals surface area contributed by atoms with Gasteiger partial charge in [-0.1, -0.05) is 36.4 Å². The predicted molar refractivity (Wildman–Crippen MR) is 88.1 cm³/mol. The number of benzene rings is 2. The molecule has 20 heavy (non-hydrogen) atoms. The molecule has 106 valence electrons. The van der Waals surface area contributed by atoms with E-state index < -0.39 is 0 Å². The molecule has 0 aliphatic heterocycles. The zero-order valence-electron chi connectivity index (χ0n) is 11.9. The molecule has 0 aliphatic rings. The molecule has 3 heteroatoms. The van der Waals surface area contributed by atoms with Crippen LogP contribution in [0.25, 0.3) is 6.08 Å². The number of aromatic hydroxyl groups is 1. The van der Waals surface area contributed by atoms with Gasteiger partial charge in [-0.05, 0) is 35.9 Å². The van der Waals surface area contributed by atoms with Crippen LogP contribution < -0.4 is 0 Å². The summed E-state index contributed by atoms with van der Waals surface area (Å²) in [6.45, 7) is 0. The highest BCUT2D eigenvalue weighted by Crippen LogP contribution is 2.16. The van der Waals surface area contributed by atoms with E-state index in [2.05, 4.69) is 30.5 Å². The Morgan fingerprint density at radius 2 is 1.55 bits per heavy atom. The summed E-state index contributed by atoms with van der Waals surface area (Å²) in [4.78, 5) is 1.28. The van der Waals surface area contributed by atoms with Crippen molar-refractivity contribution in [2.45, 2.75) is 4.90 Å². The third-order valence-corrected chi connectivity index (χ3v) is 4.46. The Bertz CT molecular complexity index is 506. The van der Waals surface area contributed by atoms with Gasteiger partial charge in [0.05, 0.1) is 0 Å². The second kappa shape index (κ2) is 9.23. The van der Waals surface area contributed by atoms with E-state index in [1.807, 2.05) is 30.3 Å². The number of aliphatic hydroxyl groups is 1. The van der Waals surface area contributed by atoms with Crippen LogP contribution in [0.2, 0.25) is 0 Å². The van der Waals surface area contributed by atoms with Crippen molar-refractivity contribution < 1.29 is 10.2 Å². The van der Waals surface area contributed by atoms with Crippen LogP contribution in [-0.4, -0.2) is 29.3 Å². The second-order valence-electron chi connectivity index (χ2n) is 4.11. The van der Waals surface area contributed by atoms with E-state index in [0.29, 0.717) is 5.75 Å². The molecule has 0 saturated carbocycles. The third kappa shape index (κ3) is 5.51. The summed E-state index contributed by atoms with van der Waals surface area (Å²) in [5.41, 5.74) is 1.24. The van der Waals surface area contributed by atoms with Gasteiger partial charge >= 0.3 is 0 Å². The Balaban J connectivity index is 0.000000956. The first-order chi connectivity index (χ1) is 9.75. The monoisotopic (exact) mass is 289 g/mol. The topological polar surface area (TPSA) is 40.5 Å². The van der Waals surface area contributed by atoms with Crippen LogP contribution in [0.5, 0.6) is 5.75 Å². The quantitative estimate of drug-likeness (QED) is 0.848. The number of hydrogen-bond acceptors (Lipinski definition) is 2. The lowest BCUT2D eigenvalue weighted by molar-refractivity contribution is 0.399. The Kier molecular flexibility index (Phi) is 7.55. The summed E-state index contributed by atoms with van der Waals surface area (Å²) < 4.78 is 0. The predicted octanol–water partition coefficient (Wildman–Crippen LogP) is 3.32. The molecular formula is C17H21O2S+. The molecule has 0 amide bonds. The van der Waals surface area contributed by atoms with Crippen molar-refractivity contribution in [3.63, 3.8) is 0 Å². The van der Waals surface area contributed by atoms with E-state index in [1.54, 1.807) is 12.1 Å². The van der Waals surface area contributed by atoms with E-state index in [0.717, 1.165) is 12.9 Å².